The predicted molar refractivity (Wildman–Crippen MR) is 124 cm³/mol. The number of rotatable bonds is 5. The van der Waals surface area contributed by atoms with Gasteiger partial charge in [-0.05, 0) is 25.0 Å². The molecule has 0 spiro atoms. The number of hydrogen-bond acceptors (Lipinski definition) is 8. The Balaban J connectivity index is 1.16. The van der Waals surface area contributed by atoms with E-state index in [1.54, 1.807) is 0 Å². The maximum Gasteiger partial charge on any atom is 0.249 e. The van der Waals surface area contributed by atoms with Gasteiger partial charge in [-0.3, -0.25) is 10.1 Å². The first-order chi connectivity index (χ1) is 15.7. The maximum absolute atomic E-state index is 12.1. The minimum absolute atomic E-state index is 0.0167. The minimum atomic E-state index is 0.0167. The second-order valence-electron chi connectivity index (χ2n) is 8.09. The number of pyridine rings is 1. The molecule has 1 aromatic carbocycles. The lowest BCUT2D eigenvalue weighted by molar-refractivity contribution is -0.117. The molecule has 0 atom stereocenters. The van der Waals surface area contributed by atoms with E-state index in [4.69, 9.17) is 4.98 Å². The zero-order chi connectivity index (χ0) is 21.5. The number of aromatic nitrogens is 5. The second kappa shape index (κ2) is 7.86. The first-order valence-corrected chi connectivity index (χ1v) is 11.6. The molecule has 4 aromatic rings. The van der Waals surface area contributed by atoms with Gasteiger partial charge in [0.2, 0.25) is 17.0 Å². The van der Waals surface area contributed by atoms with Crippen LogP contribution in [-0.4, -0.2) is 56.0 Å². The lowest BCUT2D eigenvalue weighted by Gasteiger charge is -2.35. The average molecular weight is 447 g/mol. The zero-order valence-electron chi connectivity index (χ0n) is 17.4. The van der Waals surface area contributed by atoms with Crippen LogP contribution in [0, 0.1) is 5.92 Å². The molecule has 1 aliphatic carbocycles. The molecular formula is C22H22N8OS. The molecule has 9 nitrogen and oxygen atoms in total. The summed E-state index contributed by atoms with van der Waals surface area (Å²) < 4.78 is 6.36. The lowest BCUT2D eigenvalue weighted by atomic mass is 10.2. The lowest BCUT2D eigenvalue weighted by Crippen LogP contribution is -2.47. The summed E-state index contributed by atoms with van der Waals surface area (Å²) in [5.41, 5.74) is 1.77. The van der Waals surface area contributed by atoms with Crippen LogP contribution < -0.4 is 15.1 Å². The van der Waals surface area contributed by atoms with Gasteiger partial charge in [-0.15, -0.1) is 5.10 Å². The van der Waals surface area contributed by atoms with Gasteiger partial charge in [0.15, 0.2) is 11.5 Å². The van der Waals surface area contributed by atoms with Gasteiger partial charge in [0.05, 0.1) is 0 Å². The summed E-state index contributed by atoms with van der Waals surface area (Å²) >= 11 is 1.45. The Kier molecular flexibility index (Phi) is 4.71. The fourth-order valence-electron chi connectivity index (χ4n) is 3.92. The number of hydrogen-bond donors (Lipinski definition) is 1. The Bertz CT molecular complexity index is 1260. The van der Waals surface area contributed by atoms with E-state index in [1.165, 1.54) is 11.5 Å². The highest BCUT2D eigenvalue weighted by Crippen LogP contribution is 2.30. The van der Waals surface area contributed by atoms with Crippen LogP contribution in [0.5, 0.6) is 0 Å². The Labute approximate surface area is 188 Å². The van der Waals surface area contributed by atoms with E-state index in [2.05, 4.69) is 29.6 Å². The van der Waals surface area contributed by atoms with Crippen molar-refractivity contribution in [3.8, 4) is 11.4 Å². The number of nitrogens with zero attached hydrogens (tertiary/aromatic N) is 7. The predicted octanol–water partition coefficient (Wildman–Crippen LogP) is 2.92. The van der Waals surface area contributed by atoms with Gasteiger partial charge in [-0.1, -0.05) is 36.4 Å². The molecule has 1 amide bonds. The first kappa shape index (κ1) is 19.2. The Morgan fingerprint density at radius 3 is 2.50 bits per heavy atom. The largest absolute Gasteiger partial charge is 0.353 e. The Morgan fingerprint density at radius 2 is 1.72 bits per heavy atom. The molecule has 10 heteroatoms. The summed E-state index contributed by atoms with van der Waals surface area (Å²) in [7, 11) is 0. The van der Waals surface area contributed by atoms with Gasteiger partial charge >= 0.3 is 0 Å². The highest BCUT2D eigenvalue weighted by atomic mass is 32.1. The van der Waals surface area contributed by atoms with Crippen molar-refractivity contribution in [1.29, 1.82) is 0 Å². The van der Waals surface area contributed by atoms with Crippen molar-refractivity contribution in [1.82, 2.24) is 24.0 Å². The van der Waals surface area contributed by atoms with Crippen LogP contribution >= 0.6 is 11.5 Å². The van der Waals surface area contributed by atoms with Gasteiger partial charge in [-0.25, -0.2) is 0 Å². The van der Waals surface area contributed by atoms with E-state index in [9.17, 15) is 4.79 Å². The standard InChI is InChI=1S/C22H22N8OS/c31-20(16-9-10-16)25-21-23-17-7-4-8-18(30(17)26-21)28-11-13-29(14-12-28)22-24-19(27-32-22)15-5-2-1-3-6-15/h1-8,16H,9-14H2,(H,25,26,31). The number of fused-ring (bicyclic) bond motifs is 1. The average Bonchev–Trinajstić information content (AvgIpc) is 3.43. The Morgan fingerprint density at radius 1 is 0.938 bits per heavy atom. The van der Waals surface area contributed by atoms with E-state index in [1.807, 2.05) is 53.0 Å². The molecule has 162 valence electrons. The molecule has 1 N–H and O–H groups in total. The molecule has 0 radical (unpaired) electrons. The van der Waals surface area contributed by atoms with E-state index >= 15 is 0 Å². The summed E-state index contributed by atoms with van der Waals surface area (Å²) in [4.78, 5) is 25.9. The van der Waals surface area contributed by atoms with E-state index in [0.29, 0.717) is 5.95 Å². The Hall–Kier alpha value is -3.53. The number of amides is 1. The third-order valence-electron chi connectivity index (χ3n) is 5.84. The molecule has 1 saturated heterocycles. The molecule has 1 aliphatic heterocycles. The van der Waals surface area contributed by atoms with Crippen LogP contribution in [0.25, 0.3) is 17.0 Å². The van der Waals surface area contributed by atoms with Gasteiger partial charge in [0.25, 0.3) is 0 Å². The van der Waals surface area contributed by atoms with Crippen molar-refractivity contribution < 1.29 is 4.79 Å². The molecule has 6 rings (SSSR count). The summed E-state index contributed by atoms with van der Waals surface area (Å²) in [5, 5.41) is 8.35. The molecule has 32 heavy (non-hydrogen) atoms. The summed E-state index contributed by atoms with van der Waals surface area (Å²) in [5.74, 6) is 2.26. The normalized spacial score (nSPS) is 16.5. The van der Waals surface area contributed by atoms with E-state index < -0.39 is 0 Å². The third-order valence-corrected chi connectivity index (χ3v) is 6.62. The number of carbonyl (C=O) groups is 1. The number of carbonyl (C=O) groups excluding carboxylic acids is 1. The number of benzene rings is 1. The zero-order valence-corrected chi connectivity index (χ0v) is 18.2. The van der Waals surface area contributed by atoms with E-state index in [-0.39, 0.29) is 11.8 Å². The fourth-order valence-corrected chi connectivity index (χ4v) is 4.66. The quantitative estimate of drug-likeness (QED) is 0.504. The van der Waals surface area contributed by atoms with E-state index in [0.717, 1.165) is 67.0 Å². The highest BCUT2D eigenvalue weighted by molar-refractivity contribution is 7.09. The summed E-state index contributed by atoms with van der Waals surface area (Å²) in [6.07, 6.45) is 1.91. The summed E-state index contributed by atoms with van der Waals surface area (Å²) in [6.45, 7) is 3.37. The maximum atomic E-state index is 12.1. The van der Waals surface area contributed by atoms with Crippen LogP contribution in [0.1, 0.15) is 12.8 Å². The molecule has 2 fully saturated rings. The minimum Gasteiger partial charge on any atom is -0.353 e. The van der Waals surface area contributed by atoms with Crippen molar-refractivity contribution in [3.63, 3.8) is 0 Å². The molecule has 3 aromatic heterocycles. The van der Waals surface area contributed by atoms with Gasteiger partial charge in [0.1, 0.15) is 5.82 Å². The van der Waals surface area contributed by atoms with Crippen molar-refractivity contribution in [2.45, 2.75) is 12.8 Å². The fraction of sp³-hybridized carbons (Fsp3) is 0.318. The van der Waals surface area contributed by atoms with Crippen molar-refractivity contribution in [2.24, 2.45) is 5.92 Å². The molecule has 2 aliphatic rings. The number of anilines is 3. The van der Waals surface area contributed by atoms with Crippen LogP contribution in [0.4, 0.5) is 16.9 Å². The summed E-state index contributed by atoms with van der Waals surface area (Å²) in [6, 6.07) is 16.0. The molecule has 0 bridgehead atoms. The van der Waals surface area contributed by atoms with Crippen molar-refractivity contribution in [2.75, 3.05) is 41.3 Å². The molecule has 4 heterocycles. The van der Waals surface area contributed by atoms with Gasteiger partial charge in [0, 0.05) is 49.2 Å². The monoisotopic (exact) mass is 446 g/mol. The van der Waals surface area contributed by atoms with Crippen LogP contribution in [0.3, 0.4) is 0 Å². The van der Waals surface area contributed by atoms with Crippen LogP contribution in [0.2, 0.25) is 0 Å². The van der Waals surface area contributed by atoms with Crippen molar-refractivity contribution in [3.05, 3.63) is 48.5 Å². The van der Waals surface area contributed by atoms with Crippen LogP contribution in [-0.2, 0) is 4.79 Å². The molecular weight excluding hydrogens is 424 g/mol. The van der Waals surface area contributed by atoms with Crippen LogP contribution in [0.15, 0.2) is 48.5 Å². The second-order valence-corrected chi connectivity index (χ2v) is 8.82. The molecule has 1 saturated carbocycles. The van der Waals surface area contributed by atoms with Gasteiger partial charge in [-0.2, -0.15) is 18.9 Å². The number of piperazine rings is 1. The molecule has 0 unspecified atom stereocenters. The smallest absolute Gasteiger partial charge is 0.249 e. The SMILES string of the molecule is O=C(Nc1nc2cccc(N3CCN(c4nc(-c5ccccc5)ns4)CC3)n2n1)C1CC1. The first-order valence-electron chi connectivity index (χ1n) is 10.8. The highest BCUT2D eigenvalue weighted by Gasteiger charge is 2.30. The van der Waals surface area contributed by atoms with Crippen molar-refractivity contribution >= 4 is 40.0 Å². The third kappa shape index (κ3) is 3.66. The van der Waals surface area contributed by atoms with Gasteiger partial charge < -0.3 is 9.80 Å². The number of nitrogens with one attached hydrogen (secondary N) is 1. The topological polar surface area (TPSA) is 91.5 Å².